The SMILES string of the molecule is Cc1cccc2ccnc(CC(C)N)c12. The number of nitrogens with two attached hydrogens (primary N) is 1. The molecule has 0 aliphatic carbocycles. The average Bonchev–Trinajstić information content (AvgIpc) is 2.17. The average molecular weight is 200 g/mol. The largest absolute Gasteiger partial charge is 0.328 e. The molecule has 0 bridgehead atoms. The first-order valence-corrected chi connectivity index (χ1v) is 5.27. The van der Waals surface area contributed by atoms with Gasteiger partial charge < -0.3 is 5.73 Å². The van der Waals surface area contributed by atoms with Crippen LogP contribution in [0.4, 0.5) is 0 Å². The molecule has 2 N–H and O–H groups in total. The molecule has 2 heteroatoms. The highest BCUT2D eigenvalue weighted by molar-refractivity contribution is 5.87. The van der Waals surface area contributed by atoms with Crippen LogP contribution in [0.3, 0.4) is 0 Å². The van der Waals surface area contributed by atoms with Crippen molar-refractivity contribution in [2.45, 2.75) is 26.3 Å². The number of fused-ring (bicyclic) bond motifs is 1. The molecule has 0 amide bonds. The van der Waals surface area contributed by atoms with Crippen molar-refractivity contribution in [1.29, 1.82) is 0 Å². The smallest absolute Gasteiger partial charge is 0.0499 e. The molecule has 0 aliphatic heterocycles. The van der Waals surface area contributed by atoms with E-state index in [-0.39, 0.29) is 6.04 Å². The van der Waals surface area contributed by atoms with E-state index in [1.165, 1.54) is 16.3 Å². The van der Waals surface area contributed by atoms with E-state index in [0.717, 1.165) is 12.1 Å². The van der Waals surface area contributed by atoms with Crippen LogP contribution < -0.4 is 5.73 Å². The molecule has 15 heavy (non-hydrogen) atoms. The molecule has 1 aromatic heterocycles. The van der Waals surface area contributed by atoms with Crippen molar-refractivity contribution in [2.24, 2.45) is 5.73 Å². The van der Waals surface area contributed by atoms with Crippen LogP contribution in [-0.2, 0) is 6.42 Å². The van der Waals surface area contributed by atoms with Crippen LogP contribution in [-0.4, -0.2) is 11.0 Å². The van der Waals surface area contributed by atoms with E-state index in [2.05, 4.69) is 30.1 Å². The van der Waals surface area contributed by atoms with Crippen molar-refractivity contribution >= 4 is 10.8 Å². The highest BCUT2D eigenvalue weighted by Crippen LogP contribution is 2.21. The van der Waals surface area contributed by atoms with Crippen LogP contribution in [0.1, 0.15) is 18.2 Å². The number of pyridine rings is 1. The minimum Gasteiger partial charge on any atom is -0.328 e. The van der Waals surface area contributed by atoms with Crippen LogP contribution >= 0.6 is 0 Å². The maximum absolute atomic E-state index is 5.83. The van der Waals surface area contributed by atoms with Crippen molar-refractivity contribution in [3.8, 4) is 0 Å². The van der Waals surface area contributed by atoms with Gasteiger partial charge in [0.2, 0.25) is 0 Å². The second-order valence-corrected chi connectivity index (χ2v) is 4.11. The van der Waals surface area contributed by atoms with E-state index in [0.29, 0.717) is 0 Å². The van der Waals surface area contributed by atoms with E-state index >= 15 is 0 Å². The molecule has 1 unspecified atom stereocenters. The van der Waals surface area contributed by atoms with Crippen LogP contribution in [0.5, 0.6) is 0 Å². The Bertz CT molecular complexity index is 470. The van der Waals surface area contributed by atoms with Gasteiger partial charge in [0.1, 0.15) is 0 Å². The minimum atomic E-state index is 0.155. The Morgan fingerprint density at radius 3 is 2.87 bits per heavy atom. The molecular weight excluding hydrogens is 184 g/mol. The Morgan fingerprint density at radius 2 is 2.13 bits per heavy atom. The van der Waals surface area contributed by atoms with Gasteiger partial charge in [-0.25, -0.2) is 0 Å². The van der Waals surface area contributed by atoms with Gasteiger partial charge >= 0.3 is 0 Å². The molecule has 2 aromatic rings. The van der Waals surface area contributed by atoms with Crippen molar-refractivity contribution in [3.05, 3.63) is 41.7 Å². The maximum Gasteiger partial charge on any atom is 0.0499 e. The number of benzene rings is 1. The molecule has 1 atom stereocenters. The van der Waals surface area contributed by atoms with Crippen molar-refractivity contribution < 1.29 is 0 Å². The molecule has 1 aromatic carbocycles. The zero-order chi connectivity index (χ0) is 10.8. The van der Waals surface area contributed by atoms with Gasteiger partial charge in [0.25, 0.3) is 0 Å². The molecule has 0 saturated carbocycles. The number of nitrogens with zero attached hydrogens (tertiary/aromatic N) is 1. The number of aromatic nitrogens is 1. The summed E-state index contributed by atoms with van der Waals surface area (Å²) in [5.74, 6) is 0. The van der Waals surface area contributed by atoms with Gasteiger partial charge in [0.15, 0.2) is 0 Å². The summed E-state index contributed by atoms with van der Waals surface area (Å²) in [7, 11) is 0. The van der Waals surface area contributed by atoms with E-state index in [1.807, 2.05) is 19.2 Å². The highest BCUT2D eigenvalue weighted by atomic mass is 14.7. The molecule has 78 valence electrons. The molecule has 0 spiro atoms. The third kappa shape index (κ3) is 2.00. The lowest BCUT2D eigenvalue weighted by molar-refractivity contribution is 0.727. The standard InChI is InChI=1S/C13H16N2/c1-9-4-3-5-11-6-7-15-12(13(9)11)8-10(2)14/h3-7,10H,8,14H2,1-2H3. The van der Waals surface area contributed by atoms with Gasteiger partial charge in [-0.2, -0.15) is 0 Å². The third-order valence-corrected chi connectivity index (χ3v) is 2.59. The Morgan fingerprint density at radius 1 is 1.33 bits per heavy atom. The number of rotatable bonds is 2. The van der Waals surface area contributed by atoms with Crippen LogP contribution in [0.15, 0.2) is 30.5 Å². The zero-order valence-electron chi connectivity index (χ0n) is 9.20. The molecule has 2 nitrogen and oxygen atoms in total. The van der Waals surface area contributed by atoms with Crippen LogP contribution in [0, 0.1) is 6.92 Å². The lowest BCUT2D eigenvalue weighted by Crippen LogP contribution is -2.18. The third-order valence-electron chi connectivity index (χ3n) is 2.59. The van der Waals surface area contributed by atoms with Crippen molar-refractivity contribution in [3.63, 3.8) is 0 Å². The second kappa shape index (κ2) is 3.99. The normalized spacial score (nSPS) is 13.0. The summed E-state index contributed by atoms with van der Waals surface area (Å²) in [6.07, 6.45) is 2.70. The van der Waals surface area contributed by atoms with Crippen molar-refractivity contribution in [1.82, 2.24) is 4.98 Å². The predicted octanol–water partition coefficient (Wildman–Crippen LogP) is 2.43. The quantitative estimate of drug-likeness (QED) is 0.808. The monoisotopic (exact) mass is 200 g/mol. The summed E-state index contributed by atoms with van der Waals surface area (Å²) in [6, 6.07) is 8.52. The van der Waals surface area contributed by atoms with Gasteiger partial charge in [0, 0.05) is 29.7 Å². The number of aryl methyl sites for hydroxylation is 1. The number of hydrogen-bond donors (Lipinski definition) is 1. The topological polar surface area (TPSA) is 38.9 Å². The summed E-state index contributed by atoms with van der Waals surface area (Å²) in [4.78, 5) is 4.43. The van der Waals surface area contributed by atoms with Gasteiger partial charge in [-0.3, -0.25) is 4.98 Å². The molecule has 1 heterocycles. The van der Waals surface area contributed by atoms with Gasteiger partial charge in [-0.05, 0) is 30.9 Å². The van der Waals surface area contributed by atoms with Gasteiger partial charge in [0.05, 0.1) is 0 Å². The fraction of sp³-hybridized carbons (Fsp3) is 0.308. The molecule has 2 rings (SSSR count). The summed E-state index contributed by atoms with van der Waals surface area (Å²) in [5.41, 5.74) is 8.21. The zero-order valence-corrected chi connectivity index (χ0v) is 9.20. The van der Waals surface area contributed by atoms with Gasteiger partial charge in [-0.1, -0.05) is 18.2 Å². The molecule has 0 radical (unpaired) electrons. The minimum absolute atomic E-state index is 0.155. The first-order chi connectivity index (χ1) is 7.18. The highest BCUT2D eigenvalue weighted by Gasteiger charge is 2.06. The lowest BCUT2D eigenvalue weighted by Gasteiger charge is -2.09. The summed E-state index contributed by atoms with van der Waals surface area (Å²) >= 11 is 0. The van der Waals surface area contributed by atoms with E-state index in [9.17, 15) is 0 Å². The fourth-order valence-corrected chi connectivity index (χ4v) is 1.96. The predicted molar refractivity (Wildman–Crippen MR) is 63.8 cm³/mol. The Labute approximate surface area is 90.1 Å². The van der Waals surface area contributed by atoms with E-state index in [1.54, 1.807) is 0 Å². The Hall–Kier alpha value is -1.41. The van der Waals surface area contributed by atoms with Gasteiger partial charge in [-0.15, -0.1) is 0 Å². The van der Waals surface area contributed by atoms with E-state index in [4.69, 9.17) is 5.73 Å². The fourth-order valence-electron chi connectivity index (χ4n) is 1.96. The first-order valence-electron chi connectivity index (χ1n) is 5.27. The summed E-state index contributed by atoms with van der Waals surface area (Å²) < 4.78 is 0. The van der Waals surface area contributed by atoms with E-state index < -0.39 is 0 Å². The molecule has 0 fully saturated rings. The molecule has 0 saturated heterocycles. The van der Waals surface area contributed by atoms with Crippen molar-refractivity contribution in [2.75, 3.05) is 0 Å². The maximum atomic E-state index is 5.83. The first kappa shape index (κ1) is 10.1. The molecular formula is C13H16N2. The van der Waals surface area contributed by atoms with Crippen LogP contribution in [0.2, 0.25) is 0 Å². The summed E-state index contributed by atoms with van der Waals surface area (Å²) in [5, 5.41) is 2.51. The second-order valence-electron chi connectivity index (χ2n) is 4.11. The Balaban J connectivity index is 2.63. The number of hydrogen-bond acceptors (Lipinski definition) is 2. The lowest BCUT2D eigenvalue weighted by atomic mass is 10.0. The summed E-state index contributed by atoms with van der Waals surface area (Å²) in [6.45, 7) is 4.13. The Kier molecular flexibility index (Phi) is 2.69. The van der Waals surface area contributed by atoms with Crippen LogP contribution in [0.25, 0.3) is 10.8 Å². The molecule has 0 aliphatic rings.